The first kappa shape index (κ1) is 12.8. The summed E-state index contributed by atoms with van der Waals surface area (Å²) in [5, 5.41) is 19.6. The zero-order valence-corrected chi connectivity index (χ0v) is 12.6. The summed E-state index contributed by atoms with van der Waals surface area (Å²) < 4.78 is 2.30. The minimum absolute atomic E-state index is 0.568. The van der Waals surface area contributed by atoms with Crippen molar-refractivity contribution in [3.8, 4) is 6.07 Å². The molecule has 21 heavy (non-hydrogen) atoms. The highest BCUT2D eigenvalue weighted by molar-refractivity contribution is 7.99. The molecule has 0 saturated heterocycles. The topological polar surface area (TPSA) is 67.4 Å². The SMILES string of the molecule is Cc1cc(C#N)cc(Sc2nnc(C3CC3)n2C2CC2)n1. The number of hydrogen-bond acceptors (Lipinski definition) is 5. The minimum Gasteiger partial charge on any atom is -0.302 e. The fraction of sp³-hybridized carbons (Fsp3) is 0.467. The lowest BCUT2D eigenvalue weighted by Gasteiger charge is -2.08. The van der Waals surface area contributed by atoms with Crippen molar-refractivity contribution >= 4 is 11.8 Å². The summed E-state index contributed by atoms with van der Waals surface area (Å²) in [6.45, 7) is 1.91. The molecule has 0 amide bonds. The highest BCUT2D eigenvalue weighted by atomic mass is 32.2. The van der Waals surface area contributed by atoms with E-state index in [9.17, 15) is 0 Å². The molecular formula is C15H15N5S. The van der Waals surface area contributed by atoms with Gasteiger partial charge in [0.05, 0.1) is 11.6 Å². The lowest BCUT2D eigenvalue weighted by molar-refractivity contribution is 0.626. The Kier molecular flexibility index (Phi) is 2.96. The van der Waals surface area contributed by atoms with E-state index in [1.54, 1.807) is 6.07 Å². The van der Waals surface area contributed by atoms with Gasteiger partial charge in [0.1, 0.15) is 10.9 Å². The maximum Gasteiger partial charge on any atom is 0.197 e. The Hall–Kier alpha value is -1.87. The summed E-state index contributed by atoms with van der Waals surface area (Å²) in [4.78, 5) is 4.50. The van der Waals surface area contributed by atoms with E-state index in [2.05, 4.69) is 25.8 Å². The van der Waals surface area contributed by atoms with E-state index < -0.39 is 0 Å². The number of aromatic nitrogens is 4. The second kappa shape index (κ2) is 4.85. The Bertz CT molecular complexity index is 737. The van der Waals surface area contributed by atoms with Gasteiger partial charge in [-0.15, -0.1) is 10.2 Å². The van der Waals surface area contributed by atoms with Crippen LogP contribution < -0.4 is 0 Å². The molecule has 0 aliphatic heterocycles. The summed E-state index contributed by atoms with van der Waals surface area (Å²) in [5.74, 6) is 1.75. The van der Waals surface area contributed by atoms with Crippen molar-refractivity contribution in [3.05, 3.63) is 29.2 Å². The summed E-state index contributed by atoms with van der Waals surface area (Å²) in [6, 6.07) is 6.37. The van der Waals surface area contributed by atoms with Gasteiger partial charge >= 0.3 is 0 Å². The molecule has 0 N–H and O–H groups in total. The van der Waals surface area contributed by atoms with Crippen molar-refractivity contribution < 1.29 is 0 Å². The highest BCUT2D eigenvalue weighted by Crippen LogP contribution is 2.46. The summed E-state index contributed by atoms with van der Waals surface area (Å²) in [5.41, 5.74) is 1.50. The van der Waals surface area contributed by atoms with Gasteiger partial charge in [-0.05, 0) is 56.5 Å². The zero-order chi connectivity index (χ0) is 14.4. The smallest absolute Gasteiger partial charge is 0.197 e. The van der Waals surface area contributed by atoms with Crippen LogP contribution in [0, 0.1) is 18.3 Å². The number of nitriles is 1. The molecule has 106 valence electrons. The largest absolute Gasteiger partial charge is 0.302 e. The van der Waals surface area contributed by atoms with E-state index in [1.165, 1.54) is 37.4 Å². The molecule has 2 aliphatic rings. The molecule has 2 fully saturated rings. The molecule has 0 spiro atoms. The number of nitrogens with zero attached hydrogens (tertiary/aromatic N) is 5. The summed E-state index contributed by atoms with van der Waals surface area (Å²) in [7, 11) is 0. The van der Waals surface area contributed by atoms with Crippen molar-refractivity contribution in [3.63, 3.8) is 0 Å². The third kappa shape index (κ3) is 2.54. The van der Waals surface area contributed by atoms with Crippen molar-refractivity contribution in [2.24, 2.45) is 0 Å². The van der Waals surface area contributed by atoms with Crippen LogP contribution in [0.5, 0.6) is 0 Å². The number of pyridine rings is 1. The van der Waals surface area contributed by atoms with Crippen molar-refractivity contribution in [1.29, 1.82) is 5.26 Å². The lowest BCUT2D eigenvalue weighted by atomic mass is 10.2. The Morgan fingerprint density at radius 3 is 2.71 bits per heavy atom. The maximum absolute atomic E-state index is 9.07. The van der Waals surface area contributed by atoms with Crippen LogP contribution in [-0.4, -0.2) is 19.7 Å². The van der Waals surface area contributed by atoms with Crippen LogP contribution in [0.15, 0.2) is 22.3 Å². The van der Waals surface area contributed by atoms with Gasteiger partial charge < -0.3 is 4.57 Å². The van der Waals surface area contributed by atoms with Gasteiger partial charge in [0.2, 0.25) is 0 Å². The fourth-order valence-corrected chi connectivity index (χ4v) is 3.49. The average molecular weight is 297 g/mol. The van der Waals surface area contributed by atoms with Crippen LogP contribution in [0.4, 0.5) is 0 Å². The van der Waals surface area contributed by atoms with E-state index >= 15 is 0 Å². The van der Waals surface area contributed by atoms with Crippen LogP contribution in [0.25, 0.3) is 0 Å². The zero-order valence-electron chi connectivity index (χ0n) is 11.8. The van der Waals surface area contributed by atoms with Gasteiger partial charge in [-0.3, -0.25) is 0 Å². The van der Waals surface area contributed by atoms with Gasteiger partial charge in [0, 0.05) is 17.7 Å². The second-order valence-corrected chi connectivity index (χ2v) is 6.75. The summed E-state index contributed by atoms with van der Waals surface area (Å²) in [6.07, 6.45) is 4.90. The van der Waals surface area contributed by atoms with Crippen LogP contribution in [0.1, 0.15) is 54.7 Å². The quantitative estimate of drug-likeness (QED) is 0.866. The standard InChI is InChI=1S/C15H15N5S/c1-9-6-10(8-16)7-13(17-9)21-15-19-18-14(11-2-3-11)20(15)12-4-5-12/h6-7,11-12H,2-5H2,1H3. The predicted octanol–water partition coefficient (Wildman–Crippen LogP) is 3.22. The molecule has 0 radical (unpaired) electrons. The molecule has 2 saturated carbocycles. The molecule has 2 aromatic heterocycles. The first-order chi connectivity index (χ1) is 10.2. The molecule has 2 aliphatic carbocycles. The predicted molar refractivity (Wildman–Crippen MR) is 78.1 cm³/mol. The highest BCUT2D eigenvalue weighted by Gasteiger charge is 2.36. The molecule has 6 heteroatoms. The average Bonchev–Trinajstić information content (AvgIpc) is 3.37. The maximum atomic E-state index is 9.07. The minimum atomic E-state index is 0.568. The van der Waals surface area contributed by atoms with Crippen molar-refractivity contribution in [2.45, 2.75) is 54.7 Å². The Labute approximate surface area is 127 Å². The monoisotopic (exact) mass is 297 g/mol. The molecule has 0 atom stereocenters. The van der Waals surface area contributed by atoms with Gasteiger partial charge in [0.15, 0.2) is 5.16 Å². The van der Waals surface area contributed by atoms with E-state index in [0.717, 1.165) is 21.7 Å². The molecule has 5 nitrogen and oxygen atoms in total. The van der Waals surface area contributed by atoms with E-state index in [-0.39, 0.29) is 0 Å². The van der Waals surface area contributed by atoms with Gasteiger partial charge in [-0.1, -0.05) is 0 Å². The molecular weight excluding hydrogens is 282 g/mol. The lowest BCUT2D eigenvalue weighted by Crippen LogP contribution is -2.02. The number of hydrogen-bond donors (Lipinski definition) is 0. The molecule has 2 aromatic rings. The third-order valence-corrected chi connectivity index (χ3v) is 4.68. The number of aryl methyl sites for hydroxylation is 1. The Morgan fingerprint density at radius 1 is 1.24 bits per heavy atom. The normalized spacial score (nSPS) is 17.7. The summed E-state index contributed by atoms with van der Waals surface area (Å²) >= 11 is 1.52. The molecule has 2 heterocycles. The van der Waals surface area contributed by atoms with E-state index in [1.807, 2.05) is 13.0 Å². The van der Waals surface area contributed by atoms with Crippen LogP contribution in [0.3, 0.4) is 0 Å². The Morgan fingerprint density at radius 2 is 2.05 bits per heavy atom. The molecule has 4 rings (SSSR count). The van der Waals surface area contributed by atoms with E-state index in [4.69, 9.17) is 5.26 Å². The third-order valence-electron chi connectivity index (χ3n) is 3.80. The van der Waals surface area contributed by atoms with Gasteiger partial charge in [0.25, 0.3) is 0 Å². The van der Waals surface area contributed by atoms with E-state index in [0.29, 0.717) is 17.5 Å². The number of rotatable bonds is 4. The first-order valence-electron chi connectivity index (χ1n) is 7.26. The van der Waals surface area contributed by atoms with Crippen molar-refractivity contribution in [2.75, 3.05) is 0 Å². The fourth-order valence-electron chi connectivity index (χ4n) is 2.50. The van der Waals surface area contributed by atoms with Crippen LogP contribution in [0.2, 0.25) is 0 Å². The second-order valence-electron chi connectivity index (χ2n) is 5.77. The molecule has 0 unspecified atom stereocenters. The van der Waals surface area contributed by atoms with Crippen molar-refractivity contribution in [1.82, 2.24) is 19.7 Å². The Balaban J connectivity index is 1.68. The molecule has 0 aromatic carbocycles. The molecule has 0 bridgehead atoms. The van der Waals surface area contributed by atoms with Gasteiger partial charge in [-0.2, -0.15) is 5.26 Å². The van der Waals surface area contributed by atoms with Crippen LogP contribution >= 0.6 is 11.8 Å². The van der Waals surface area contributed by atoms with Gasteiger partial charge in [-0.25, -0.2) is 4.98 Å². The van der Waals surface area contributed by atoms with Crippen LogP contribution in [-0.2, 0) is 0 Å². The first-order valence-corrected chi connectivity index (χ1v) is 8.07.